The normalized spacial score (nSPS) is 16.1. The van der Waals surface area contributed by atoms with Gasteiger partial charge in [-0.15, -0.1) is 0 Å². The molecule has 0 unspecified atom stereocenters. The van der Waals surface area contributed by atoms with Gasteiger partial charge in [0.05, 0.1) is 7.11 Å². The summed E-state index contributed by atoms with van der Waals surface area (Å²) < 4.78 is 10.5. The highest BCUT2D eigenvalue weighted by Crippen LogP contribution is 2.30. The lowest BCUT2D eigenvalue weighted by molar-refractivity contribution is -0.142. The number of hydrogen-bond acceptors (Lipinski definition) is 5. The van der Waals surface area contributed by atoms with Crippen LogP contribution in [-0.2, 0) is 14.3 Å². The summed E-state index contributed by atoms with van der Waals surface area (Å²) in [6.07, 6.45) is 1.08. The number of nitrogens with one attached hydrogen (secondary N) is 1. The van der Waals surface area contributed by atoms with E-state index in [1.165, 1.54) is 0 Å². The molecule has 0 aromatic heterocycles. The standard InChI is InChI=1S/C19H29N3O4/c1-5-26-14-17(23)22-11-9-19(10-12-22,18(24)21(2)3)20-15-7-6-8-16(13-15)25-4/h6-8,13,20H,5,9-12,14H2,1-4H3. The Bertz CT molecular complexity index is 625. The molecule has 26 heavy (non-hydrogen) atoms. The monoisotopic (exact) mass is 363 g/mol. The first-order valence-electron chi connectivity index (χ1n) is 8.91. The van der Waals surface area contributed by atoms with Crippen molar-refractivity contribution in [2.24, 2.45) is 0 Å². The molecule has 1 heterocycles. The fourth-order valence-electron chi connectivity index (χ4n) is 3.22. The summed E-state index contributed by atoms with van der Waals surface area (Å²) in [4.78, 5) is 28.5. The zero-order chi connectivity index (χ0) is 19.2. The van der Waals surface area contributed by atoms with Gasteiger partial charge in [-0.3, -0.25) is 9.59 Å². The van der Waals surface area contributed by atoms with E-state index < -0.39 is 5.54 Å². The number of likely N-dealkylation sites (N-methyl/N-ethyl adjacent to an activating group) is 1. The van der Waals surface area contributed by atoms with E-state index in [0.717, 1.165) is 11.4 Å². The van der Waals surface area contributed by atoms with Gasteiger partial charge in [-0.25, -0.2) is 0 Å². The van der Waals surface area contributed by atoms with Gasteiger partial charge in [0.2, 0.25) is 11.8 Å². The maximum absolute atomic E-state index is 12.9. The molecule has 144 valence electrons. The van der Waals surface area contributed by atoms with E-state index in [4.69, 9.17) is 9.47 Å². The summed E-state index contributed by atoms with van der Waals surface area (Å²) >= 11 is 0. The lowest BCUT2D eigenvalue weighted by atomic mass is 9.85. The predicted octanol–water partition coefficient (Wildman–Crippen LogP) is 1.59. The zero-order valence-corrected chi connectivity index (χ0v) is 16.1. The van der Waals surface area contributed by atoms with Crippen molar-refractivity contribution in [2.75, 3.05) is 52.8 Å². The number of methoxy groups -OCH3 is 1. The summed E-state index contributed by atoms with van der Waals surface area (Å²) in [6, 6.07) is 7.54. The quantitative estimate of drug-likeness (QED) is 0.797. The fraction of sp³-hybridized carbons (Fsp3) is 0.579. The Morgan fingerprint density at radius 3 is 2.54 bits per heavy atom. The van der Waals surface area contributed by atoms with Crippen LogP contribution in [0.2, 0.25) is 0 Å². The molecule has 2 amide bonds. The van der Waals surface area contributed by atoms with Crippen LogP contribution in [0, 0.1) is 0 Å². The molecular weight excluding hydrogens is 334 g/mol. The number of carbonyl (C=O) groups excluding carboxylic acids is 2. The van der Waals surface area contributed by atoms with Crippen molar-refractivity contribution in [1.29, 1.82) is 0 Å². The third-order valence-electron chi connectivity index (χ3n) is 4.67. The topological polar surface area (TPSA) is 71.1 Å². The summed E-state index contributed by atoms with van der Waals surface area (Å²) in [5.74, 6) is 0.711. The van der Waals surface area contributed by atoms with E-state index in [2.05, 4.69) is 5.32 Å². The SMILES string of the molecule is CCOCC(=O)N1CCC(Nc2cccc(OC)c2)(C(=O)N(C)C)CC1. The van der Waals surface area contributed by atoms with E-state index in [-0.39, 0.29) is 18.4 Å². The highest BCUT2D eigenvalue weighted by Gasteiger charge is 2.43. The first-order valence-corrected chi connectivity index (χ1v) is 8.91. The summed E-state index contributed by atoms with van der Waals surface area (Å²) in [5, 5.41) is 3.41. The Kier molecular flexibility index (Phi) is 6.85. The maximum Gasteiger partial charge on any atom is 0.248 e. The van der Waals surface area contributed by atoms with Crippen molar-refractivity contribution in [3.8, 4) is 5.75 Å². The van der Waals surface area contributed by atoms with Crippen LogP contribution >= 0.6 is 0 Å². The second-order valence-corrected chi connectivity index (χ2v) is 6.66. The number of nitrogens with zero attached hydrogens (tertiary/aromatic N) is 2. The van der Waals surface area contributed by atoms with Crippen LogP contribution in [-0.4, -0.2) is 74.7 Å². The molecule has 0 atom stereocenters. The van der Waals surface area contributed by atoms with Gasteiger partial charge in [0.15, 0.2) is 0 Å². The minimum atomic E-state index is -0.738. The number of benzene rings is 1. The van der Waals surface area contributed by atoms with Crippen LogP contribution in [0.1, 0.15) is 19.8 Å². The lowest BCUT2D eigenvalue weighted by Gasteiger charge is -2.43. The highest BCUT2D eigenvalue weighted by molar-refractivity contribution is 5.90. The van der Waals surface area contributed by atoms with E-state index >= 15 is 0 Å². The highest BCUT2D eigenvalue weighted by atomic mass is 16.5. The van der Waals surface area contributed by atoms with Crippen LogP contribution in [0.3, 0.4) is 0 Å². The molecule has 1 aliphatic rings. The largest absolute Gasteiger partial charge is 0.497 e. The molecule has 7 nitrogen and oxygen atoms in total. The van der Waals surface area contributed by atoms with Crippen LogP contribution in [0.25, 0.3) is 0 Å². The molecule has 0 bridgehead atoms. The van der Waals surface area contributed by atoms with Gasteiger partial charge in [-0.2, -0.15) is 0 Å². The number of rotatable bonds is 7. The number of anilines is 1. The second kappa shape index (κ2) is 8.89. The van der Waals surface area contributed by atoms with Gasteiger partial charge >= 0.3 is 0 Å². The lowest BCUT2D eigenvalue weighted by Crippen LogP contribution is -2.59. The fourth-order valence-corrected chi connectivity index (χ4v) is 3.22. The second-order valence-electron chi connectivity index (χ2n) is 6.66. The minimum Gasteiger partial charge on any atom is -0.497 e. The Hall–Kier alpha value is -2.28. The molecule has 1 fully saturated rings. The van der Waals surface area contributed by atoms with Crippen molar-refractivity contribution >= 4 is 17.5 Å². The van der Waals surface area contributed by atoms with Gasteiger partial charge in [-0.05, 0) is 31.9 Å². The van der Waals surface area contributed by atoms with E-state index in [1.54, 1.807) is 31.0 Å². The van der Waals surface area contributed by atoms with Gasteiger partial charge in [0.1, 0.15) is 17.9 Å². The first-order chi connectivity index (χ1) is 12.4. The number of carbonyl (C=O) groups is 2. The third kappa shape index (κ3) is 4.66. The molecule has 1 saturated heterocycles. The predicted molar refractivity (Wildman–Crippen MR) is 100 cm³/mol. The molecule has 0 spiro atoms. The smallest absolute Gasteiger partial charge is 0.248 e. The van der Waals surface area contributed by atoms with Crippen LogP contribution in [0.15, 0.2) is 24.3 Å². The van der Waals surface area contributed by atoms with Crippen LogP contribution < -0.4 is 10.1 Å². The van der Waals surface area contributed by atoms with Gasteiger partial charge < -0.3 is 24.6 Å². The number of hydrogen-bond donors (Lipinski definition) is 1. The molecular formula is C19H29N3O4. The molecule has 0 radical (unpaired) electrons. The average molecular weight is 363 g/mol. The van der Waals surface area contributed by atoms with Crippen molar-refractivity contribution in [3.63, 3.8) is 0 Å². The van der Waals surface area contributed by atoms with E-state index in [1.807, 2.05) is 31.2 Å². The van der Waals surface area contributed by atoms with Gasteiger partial charge in [0.25, 0.3) is 0 Å². The third-order valence-corrected chi connectivity index (χ3v) is 4.67. The molecule has 2 rings (SSSR count). The van der Waals surface area contributed by atoms with Gasteiger partial charge in [-0.1, -0.05) is 6.07 Å². The summed E-state index contributed by atoms with van der Waals surface area (Å²) in [7, 11) is 5.12. The van der Waals surface area contributed by atoms with Crippen LogP contribution in [0.5, 0.6) is 5.75 Å². The molecule has 1 aliphatic heterocycles. The number of amides is 2. The number of likely N-dealkylation sites (tertiary alicyclic amines) is 1. The van der Waals surface area contributed by atoms with E-state index in [9.17, 15) is 9.59 Å². The molecule has 1 aromatic carbocycles. The van der Waals surface area contributed by atoms with Crippen molar-refractivity contribution in [1.82, 2.24) is 9.80 Å². The Morgan fingerprint density at radius 1 is 1.27 bits per heavy atom. The molecule has 0 saturated carbocycles. The molecule has 1 aromatic rings. The average Bonchev–Trinajstić information content (AvgIpc) is 2.66. The maximum atomic E-state index is 12.9. The summed E-state index contributed by atoms with van der Waals surface area (Å²) in [5.41, 5.74) is 0.0896. The Labute approximate surface area is 155 Å². The zero-order valence-electron chi connectivity index (χ0n) is 16.1. The van der Waals surface area contributed by atoms with Crippen molar-refractivity contribution < 1.29 is 19.1 Å². The van der Waals surface area contributed by atoms with E-state index in [0.29, 0.717) is 32.5 Å². The molecule has 1 N–H and O–H groups in total. The van der Waals surface area contributed by atoms with Crippen molar-refractivity contribution in [2.45, 2.75) is 25.3 Å². The van der Waals surface area contributed by atoms with Crippen LogP contribution in [0.4, 0.5) is 5.69 Å². The molecule has 0 aliphatic carbocycles. The van der Waals surface area contributed by atoms with Gasteiger partial charge in [0, 0.05) is 45.5 Å². The Balaban J connectivity index is 2.15. The molecule has 7 heteroatoms. The van der Waals surface area contributed by atoms with Crippen molar-refractivity contribution in [3.05, 3.63) is 24.3 Å². The first kappa shape index (κ1) is 20.0. The number of ether oxygens (including phenoxy) is 2. The Morgan fingerprint density at radius 2 is 1.96 bits per heavy atom. The number of piperidine rings is 1. The summed E-state index contributed by atoms with van der Waals surface area (Å²) in [6.45, 7) is 3.50. The minimum absolute atomic E-state index is 0.0113.